The molecular formula is C17H34N2O. The van der Waals surface area contributed by atoms with Gasteiger partial charge in [-0.2, -0.15) is 0 Å². The molecule has 0 aromatic rings. The van der Waals surface area contributed by atoms with Crippen molar-refractivity contribution in [2.75, 3.05) is 13.1 Å². The lowest BCUT2D eigenvalue weighted by molar-refractivity contribution is -0.121. The van der Waals surface area contributed by atoms with E-state index in [0.717, 1.165) is 19.5 Å². The van der Waals surface area contributed by atoms with Crippen molar-refractivity contribution in [2.24, 2.45) is 5.41 Å². The molecule has 1 amide bonds. The standard InChI is InChI=1S/C17H34N2O/c1-4-5-6-7-8-9-11-16(20)19-14-15-17(2,3)12-10-13-18-15/h15,18H,4-14H2,1-3H3,(H,19,20). The topological polar surface area (TPSA) is 41.1 Å². The first-order valence-corrected chi connectivity index (χ1v) is 8.56. The van der Waals surface area contributed by atoms with Crippen LogP contribution in [0.1, 0.15) is 78.6 Å². The number of piperidine rings is 1. The third-order valence-corrected chi connectivity index (χ3v) is 4.59. The predicted octanol–water partition coefficient (Wildman–Crippen LogP) is 3.63. The Kier molecular flexibility index (Phi) is 8.20. The highest BCUT2D eigenvalue weighted by Gasteiger charge is 2.31. The van der Waals surface area contributed by atoms with Gasteiger partial charge in [-0.05, 0) is 31.2 Å². The molecule has 2 N–H and O–H groups in total. The number of unbranched alkanes of at least 4 members (excludes halogenated alkanes) is 5. The molecule has 3 heteroatoms. The molecule has 0 bridgehead atoms. The highest BCUT2D eigenvalue weighted by atomic mass is 16.1. The van der Waals surface area contributed by atoms with Gasteiger partial charge in [0.05, 0.1) is 0 Å². The van der Waals surface area contributed by atoms with E-state index in [-0.39, 0.29) is 5.91 Å². The SMILES string of the molecule is CCCCCCCCC(=O)NCC1NCCCC1(C)C. The van der Waals surface area contributed by atoms with Gasteiger partial charge in [-0.1, -0.05) is 52.9 Å². The minimum absolute atomic E-state index is 0.226. The molecule has 1 atom stereocenters. The van der Waals surface area contributed by atoms with E-state index < -0.39 is 0 Å². The molecular weight excluding hydrogens is 248 g/mol. The Morgan fingerprint density at radius 1 is 1.20 bits per heavy atom. The van der Waals surface area contributed by atoms with Crippen molar-refractivity contribution >= 4 is 5.91 Å². The fraction of sp³-hybridized carbons (Fsp3) is 0.941. The summed E-state index contributed by atoms with van der Waals surface area (Å²) in [5.41, 5.74) is 0.297. The summed E-state index contributed by atoms with van der Waals surface area (Å²) in [6.07, 6.45) is 10.6. The van der Waals surface area contributed by atoms with Crippen LogP contribution >= 0.6 is 0 Å². The van der Waals surface area contributed by atoms with Crippen LogP contribution in [-0.2, 0) is 4.79 Å². The molecule has 0 spiro atoms. The van der Waals surface area contributed by atoms with Gasteiger partial charge in [-0.25, -0.2) is 0 Å². The van der Waals surface area contributed by atoms with Crippen LogP contribution in [0.25, 0.3) is 0 Å². The summed E-state index contributed by atoms with van der Waals surface area (Å²) in [5.74, 6) is 0.226. The van der Waals surface area contributed by atoms with Gasteiger partial charge in [0, 0.05) is 19.0 Å². The normalized spacial score (nSPS) is 21.6. The van der Waals surface area contributed by atoms with E-state index in [0.29, 0.717) is 17.9 Å². The van der Waals surface area contributed by atoms with Crippen molar-refractivity contribution in [2.45, 2.75) is 84.6 Å². The summed E-state index contributed by atoms with van der Waals surface area (Å²) in [5, 5.41) is 6.65. The third kappa shape index (κ3) is 6.74. The van der Waals surface area contributed by atoms with Crippen LogP contribution in [0.4, 0.5) is 0 Å². The van der Waals surface area contributed by atoms with E-state index in [1.54, 1.807) is 0 Å². The molecule has 0 aromatic carbocycles. The highest BCUT2D eigenvalue weighted by Crippen LogP contribution is 2.29. The van der Waals surface area contributed by atoms with Gasteiger partial charge in [-0.15, -0.1) is 0 Å². The van der Waals surface area contributed by atoms with Crippen LogP contribution in [-0.4, -0.2) is 25.0 Å². The molecule has 0 aliphatic carbocycles. The maximum atomic E-state index is 11.8. The van der Waals surface area contributed by atoms with Crippen molar-refractivity contribution in [3.8, 4) is 0 Å². The molecule has 1 saturated heterocycles. The Morgan fingerprint density at radius 3 is 2.60 bits per heavy atom. The second-order valence-corrected chi connectivity index (χ2v) is 6.92. The quantitative estimate of drug-likeness (QED) is 0.634. The monoisotopic (exact) mass is 282 g/mol. The minimum Gasteiger partial charge on any atom is -0.355 e. The number of nitrogens with one attached hydrogen (secondary N) is 2. The van der Waals surface area contributed by atoms with E-state index >= 15 is 0 Å². The Hall–Kier alpha value is -0.570. The Morgan fingerprint density at radius 2 is 1.90 bits per heavy atom. The average Bonchev–Trinajstić information content (AvgIpc) is 2.41. The first-order chi connectivity index (χ1) is 9.56. The van der Waals surface area contributed by atoms with Crippen LogP contribution in [0.15, 0.2) is 0 Å². The number of rotatable bonds is 9. The third-order valence-electron chi connectivity index (χ3n) is 4.59. The fourth-order valence-corrected chi connectivity index (χ4v) is 2.99. The van der Waals surface area contributed by atoms with Gasteiger partial charge < -0.3 is 10.6 Å². The zero-order chi connectivity index (χ0) is 14.8. The lowest BCUT2D eigenvalue weighted by Gasteiger charge is -2.39. The van der Waals surface area contributed by atoms with Gasteiger partial charge in [0.2, 0.25) is 5.91 Å². The van der Waals surface area contributed by atoms with E-state index in [2.05, 4.69) is 31.4 Å². The van der Waals surface area contributed by atoms with E-state index in [4.69, 9.17) is 0 Å². The molecule has 1 heterocycles. The summed E-state index contributed by atoms with van der Waals surface area (Å²) < 4.78 is 0. The fourth-order valence-electron chi connectivity index (χ4n) is 2.99. The average molecular weight is 282 g/mol. The number of carbonyl (C=O) groups is 1. The maximum absolute atomic E-state index is 11.8. The Balaban J connectivity index is 2.07. The highest BCUT2D eigenvalue weighted by molar-refractivity contribution is 5.75. The number of amides is 1. The van der Waals surface area contributed by atoms with Crippen LogP contribution in [0, 0.1) is 5.41 Å². The van der Waals surface area contributed by atoms with Crippen LogP contribution in [0.2, 0.25) is 0 Å². The van der Waals surface area contributed by atoms with Crippen molar-refractivity contribution in [3.05, 3.63) is 0 Å². The molecule has 20 heavy (non-hydrogen) atoms. The van der Waals surface area contributed by atoms with E-state index in [1.807, 2.05) is 0 Å². The van der Waals surface area contributed by atoms with Crippen LogP contribution in [0.5, 0.6) is 0 Å². The zero-order valence-electron chi connectivity index (χ0n) is 13.8. The summed E-state index contributed by atoms with van der Waals surface area (Å²) in [4.78, 5) is 11.8. The maximum Gasteiger partial charge on any atom is 0.220 e. The van der Waals surface area contributed by atoms with Gasteiger partial charge in [0.15, 0.2) is 0 Å². The lowest BCUT2D eigenvalue weighted by Crippen LogP contribution is -2.52. The molecule has 1 unspecified atom stereocenters. The molecule has 118 valence electrons. The van der Waals surface area contributed by atoms with Crippen LogP contribution < -0.4 is 10.6 Å². The second-order valence-electron chi connectivity index (χ2n) is 6.92. The van der Waals surface area contributed by atoms with Crippen molar-refractivity contribution < 1.29 is 4.79 Å². The molecule has 0 aromatic heterocycles. The first-order valence-electron chi connectivity index (χ1n) is 8.56. The molecule has 0 radical (unpaired) electrons. The van der Waals surface area contributed by atoms with Gasteiger partial charge in [0.1, 0.15) is 0 Å². The summed E-state index contributed by atoms with van der Waals surface area (Å²) in [7, 11) is 0. The lowest BCUT2D eigenvalue weighted by atomic mass is 9.77. The number of hydrogen-bond acceptors (Lipinski definition) is 2. The molecule has 1 fully saturated rings. The minimum atomic E-state index is 0.226. The zero-order valence-corrected chi connectivity index (χ0v) is 13.8. The second kappa shape index (κ2) is 9.38. The summed E-state index contributed by atoms with van der Waals surface area (Å²) >= 11 is 0. The van der Waals surface area contributed by atoms with Crippen molar-refractivity contribution in [1.82, 2.24) is 10.6 Å². The number of carbonyl (C=O) groups excluding carboxylic acids is 1. The summed E-state index contributed by atoms with van der Waals surface area (Å²) in [6.45, 7) is 8.69. The number of hydrogen-bond donors (Lipinski definition) is 2. The Labute approximate surface area is 125 Å². The smallest absolute Gasteiger partial charge is 0.220 e. The first kappa shape index (κ1) is 17.5. The van der Waals surface area contributed by atoms with Gasteiger partial charge in [-0.3, -0.25) is 4.79 Å². The van der Waals surface area contributed by atoms with Gasteiger partial charge in [0.25, 0.3) is 0 Å². The predicted molar refractivity (Wildman–Crippen MR) is 85.8 cm³/mol. The molecule has 1 aliphatic heterocycles. The Bertz CT molecular complexity index is 276. The van der Waals surface area contributed by atoms with Crippen molar-refractivity contribution in [3.63, 3.8) is 0 Å². The summed E-state index contributed by atoms with van der Waals surface area (Å²) in [6, 6.07) is 0.421. The van der Waals surface area contributed by atoms with Crippen molar-refractivity contribution in [1.29, 1.82) is 0 Å². The molecule has 1 aliphatic rings. The molecule has 0 saturated carbocycles. The van der Waals surface area contributed by atoms with Crippen LogP contribution in [0.3, 0.4) is 0 Å². The molecule has 3 nitrogen and oxygen atoms in total. The molecule has 1 rings (SSSR count). The largest absolute Gasteiger partial charge is 0.355 e. The van der Waals surface area contributed by atoms with E-state index in [9.17, 15) is 4.79 Å². The van der Waals surface area contributed by atoms with Gasteiger partial charge >= 0.3 is 0 Å². The van der Waals surface area contributed by atoms with E-state index in [1.165, 1.54) is 44.9 Å².